The van der Waals surface area contributed by atoms with E-state index in [1.165, 1.54) is 12.1 Å². The van der Waals surface area contributed by atoms with Gasteiger partial charge in [-0.3, -0.25) is 9.69 Å². The van der Waals surface area contributed by atoms with Crippen molar-refractivity contribution >= 4 is 23.8 Å². The van der Waals surface area contributed by atoms with Gasteiger partial charge in [-0.25, -0.2) is 9.97 Å². The minimum absolute atomic E-state index is 0.0797. The standard InChI is InChI=1S/C24H23F2N5O3/c1-30-10-11-31(14-20(30)15-32)22(33)17-2-6-19(7-3-17)29-24-27-12-18(13-28-24)16-4-8-21(9-5-16)34-23(25)26/h2-9,12-13,15,20,23H,10-11,14H2,1H3,(H,27,28,29). The first-order valence-electron chi connectivity index (χ1n) is 10.6. The molecule has 1 N–H and O–H groups in total. The first-order valence-corrected chi connectivity index (χ1v) is 10.6. The maximum absolute atomic E-state index is 12.8. The number of likely N-dealkylation sites (N-methyl/N-ethyl adjacent to an activating group) is 1. The first kappa shape index (κ1) is 23.2. The number of amides is 1. The van der Waals surface area contributed by atoms with E-state index in [2.05, 4.69) is 20.0 Å². The number of carbonyl (C=O) groups excluding carboxylic acids is 2. The van der Waals surface area contributed by atoms with E-state index in [0.717, 1.165) is 17.4 Å². The van der Waals surface area contributed by atoms with Crippen molar-refractivity contribution in [1.29, 1.82) is 0 Å². The van der Waals surface area contributed by atoms with Gasteiger partial charge in [0.25, 0.3) is 5.91 Å². The molecule has 0 radical (unpaired) electrons. The summed E-state index contributed by atoms with van der Waals surface area (Å²) in [5, 5.41) is 3.08. The van der Waals surface area contributed by atoms with Crippen LogP contribution in [0.5, 0.6) is 5.75 Å². The van der Waals surface area contributed by atoms with Crippen molar-refractivity contribution in [1.82, 2.24) is 19.8 Å². The summed E-state index contributed by atoms with van der Waals surface area (Å²) in [7, 11) is 1.87. The minimum Gasteiger partial charge on any atom is -0.435 e. The lowest BCUT2D eigenvalue weighted by molar-refractivity contribution is -0.113. The molecule has 3 aromatic rings. The molecule has 0 aliphatic carbocycles. The molecule has 1 fully saturated rings. The zero-order valence-corrected chi connectivity index (χ0v) is 18.4. The summed E-state index contributed by atoms with van der Waals surface area (Å²) in [6.07, 6.45) is 4.11. The highest BCUT2D eigenvalue weighted by Crippen LogP contribution is 2.23. The molecule has 1 amide bonds. The largest absolute Gasteiger partial charge is 0.435 e. The molecule has 8 nitrogen and oxygen atoms in total. The maximum atomic E-state index is 12.8. The summed E-state index contributed by atoms with van der Waals surface area (Å²) in [6, 6.07) is 12.9. The van der Waals surface area contributed by atoms with Gasteiger partial charge in [-0.2, -0.15) is 8.78 Å². The lowest BCUT2D eigenvalue weighted by atomic mass is 10.1. The van der Waals surface area contributed by atoms with E-state index in [9.17, 15) is 18.4 Å². The fourth-order valence-electron chi connectivity index (χ4n) is 3.61. The molecule has 0 spiro atoms. The van der Waals surface area contributed by atoms with Gasteiger partial charge in [0, 0.05) is 48.8 Å². The molecular formula is C24H23F2N5O3. The third-order valence-electron chi connectivity index (χ3n) is 5.59. The predicted molar refractivity (Wildman–Crippen MR) is 122 cm³/mol. The van der Waals surface area contributed by atoms with Crippen LogP contribution in [0.25, 0.3) is 11.1 Å². The number of hydrogen-bond donors (Lipinski definition) is 1. The Kier molecular flexibility index (Phi) is 7.07. The quantitative estimate of drug-likeness (QED) is 0.533. The number of hydrogen-bond acceptors (Lipinski definition) is 7. The highest BCUT2D eigenvalue weighted by Gasteiger charge is 2.27. The van der Waals surface area contributed by atoms with Crippen molar-refractivity contribution in [3.63, 3.8) is 0 Å². The summed E-state index contributed by atoms with van der Waals surface area (Å²) in [5.74, 6) is 0.335. The number of benzene rings is 2. The Balaban J connectivity index is 1.37. The Labute approximate surface area is 195 Å². The number of nitrogens with one attached hydrogen (secondary N) is 1. The van der Waals surface area contributed by atoms with Gasteiger partial charge in [-0.15, -0.1) is 0 Å². The van der Waals surface area contributed by atoms with E-state index in [-0.39, 0.29) is 17.7 Å². The molecule has 1 aliphatic heterocycles. The highest BCUT2D eigenvalue weighted by molar-refractivity contribution is 5.95. The van der Waals surface area contributed by atoms with Crippen LogP contribution in [0.4, 0.5) is 20.4 Å². The van der Waals surface area contributed by atoms with Gasteiger partial charge in [-0.05, 0) is 49.0 Å². The molecule has 1 aliphatic rings. The highest BCUT2D eigenvalue weighted by atomic mass is 19.3. The number of aldehydes is 1. The van der Waals surface area contributed by atoms with Crippen molar-refractivity contribution in [2.75, 3.05) is 32.0 Å². The molecule has 0 bridgehead atoms. The second-order valence-electron chi connectivity index (χ2n) is 7.84. The molecule has 34 heavy (non-hydrogen) atoms. The third kappa shape index (κ3) is 5.52. The number of nitrogens with zero attached hydrogens (tertiary/aromatic N) is 4. The van der Waals surface area contributed by atoms with Crippen molar-refractivity contribution in [2.45, 2.75) is 12.7 Å². The number of ether oxygens (including phenoxy) is 1. The average molecular weight is 467 g/mol. The Morgan fingerprint density at radius 1 is 1.06 bits per heavy atom. The van der Waals surface area contributed by atoms with Crippen molar-refractivity contribution in [3.8, 4) is 16.9 Å². The van der Waals surface area contributed by atoms with Gasteiger partial charge in [0.1, 0.15) is 12.0 Å². The Hall–Kier alpha value is -3.92. The molecule has 4 rings (SSSR count). The van der Waals surface area contributed by atoms with Crippen LogP contribution in [-0.2, 0) is 4.79 Å². The van der Waals surface area contributed by atoms with Crippen LogP contribution in [0.15, 0.2) is 60.9 Å². The SMILES string of the molecule is CN1CCN(C(=O)c2ccc(Nc3ncc(-c4ccc(OC(F)F)cc4)cn3)cc2)CC1C=O. The Morgan fingerprint density at radius 2 is 1.74 bits per heavy atom. The third-order valence-corrected chi connectivity index (χ3v) is 5.59. The van der Waals surface area contributed by atoms with Crippen LogP contribution < -0.4 is 10.1 Å². The summed E-state index contributed by atoms with van der Waals surface area (Å²) >= 11 is 0. The molecule has 176 valence electrons. The lowest BCUT2D eigenvalue weighted by Crippen LogP contribution is -2.53. The van der Waals surface area contributed by atoms with Crippen LogP contribution in [0, 0.1) is 0 Å². The van der Waals surface area contributed by atoms with Crippen LogP contribution in [0.2, 0.25) is 0 Å². The zero-order valence-electron chi connectivity index (χ0n) is 18.4. The second kappa shape index (κ2) is 10.3. The van der Waals surface area contributed by atoms with Gasteiger partial charge >= 0.3 is 6.61 Å². The van der Waals surface area contributed by atoms with Crippen molar-refractivity contribution in [3.05, 3.63) is 66.5 Å². The number of alkyl halides is 2. The van der Waals surface area contributed by atoms with Gasteiger partial charge in [0.2, 0.25) is 5.95 Å². The van der Waals surface area contributed by atoms with Gasteiger partial charge in [0.05, 0.1) is 6.04 Å². The summed E-state index contributed by atoms with van der Waals surface area (Å²) < 4.78 is 28.9. The van der Waals surface area contributed by atoms with Gasteiger partial charge in [0.15, 0.2) is 0 Å². The second-order valence-corrected chi connectivity index (χ2v) is 7.84. The van der Waals surface area contributed by atoms with E-state index >= 15 is 0 Å². The minimum atomic E-state index is -2.87. The summed E-state index contributed by atoms with van der Waals surface area (Å²) in [4.78, 5) is 36.2. The number of aromatic nitrogens is 2. The molecule has 1 aromatic heterocycles. The van der Waals surface area contributed by atoms with E-state index < -0.39 is 6.61 Å². The number of anilines is 2. The monoisotopic (exact) mass is 467 g/mol. The lowest BCUT2D eigenvalue weighted by Gasteiger charge is -2.36. The molecule has 0 saturated carbocycles. The van der Waals surface area contributed by atoms with Crippen molar-refractivity contribution < 1.29 is 23.1 Å². The Morgan fingerprint density at radius 3 is 2.35 bits per heavy atom. The molecule has 1 saturated heterocycles. The molecule has 10 heteroatoms. The number of rotatable bonds is 7. The molecular weight excluding hydrogens is 444 g/mol. The van der Waals surface area contributed by atoms with E-state index in [1.807, 2.05) is 11.9 Å². The van der Waals surface area contributed by atoms with Gasteiger partial charge in [-0.1, -0.05) is 12.1 Å². The number of carbonyl (C=O) groups is 2. The smallest absolute Gasteiger partial charge is 0.387 e. The van der Waals surface area contributed by atoms with Crippen LogP contribution in [-0.4, -0.2) is 71.3 Å². The predicted octanol–water partition coefficient (Wildman–Crippen LogP) is 3.44. The average Bonchev–Trinajstić information content (AvgIpc) is 2.85. The van der Waals surface area contributed by atoms with E-state index in [1.54, 1.807) is 53.7 Å². The molecule has 2 heterocycles. The first-order chi connectivity index (χ1) is 16.4. The van der Waals surface area contributed by atoms with Crippen LogP contribution in [0.1, 0.15) is 10.4 Å². The normalized spacial score (nSPS) is 16.4. The summed E-state index contributed by atoms with van der Waals surface area (Å²) in [6.45, 7) is -1.27. The van der Waals surface area contributed by atoms with Gasteiger partial charge < -0.3 is 19.7 Å². The van der Waals surface area contributed by atoms with E-state index in [4.69, 9.17) is 0 Å². The maximum Gasteiger partial charge on any atom is 0.387 e. The number of piperazine rings is 1. The van der Waals surface area contributed by atoms with E-state index in [0.29, 0.717) is 36.8 Å². The molecule has 1 unspecified atom stereocenters. The van der Waals surface area contributed by atoms with Crippen LogP contribution in [0.3, 0.4) is 0 Å². The molecule has 1 atom stereocenters. The fraction of sp³-hybridized carbons (Fsp3) is 0.250. The summed E-state index contributed by atoms with van der Waals surface area (Å²) in [5.41, 5.74) is 2.73. The van der Waals surface area contributed by atoms with Crippen LogP contribution >= 0.6 is 0 Å². The topological polar surface area (TPSA) is 87.7 Å². The van der Waals surface area contributed by atoms with Crippen molar-refractivity contribution in [2.24, 2.45) is 0 Å². The number of halogens is 2. The zero-order chi connectivity index (χ0) is 24.1. The Bertz CT molecular complexity index is 1120. The fourth-order valence-corrected chi connectivity index (χ4v) is 3.61. The molecule has 2 aromatic carbocycles.